The van der Waals surface area contributed by atoms with E-state index in [2.05, 4.69) is 4.74 Å². The van der Waals surface area contributed by atoms with Crippen LogP contribution in [0.3, 0.4) is 0 Å². The van der Waals surface area contributed by atoms with Crippen LogP contribution in [0, 0.1) is 5.92 Å². The second-order valence-electron chi connectivity index (χ2n) is 5.60. The molecule has 1 aromatic rings. The first-order chi connectivity index (χ1) is 9.87. The maximum atomic E-state index is 12.9. The van der Waals surface area contributed by atoms with Gasteiger partial charge in [0.25, 0.3) is 0 Å². The van der Waals surface area contributed by atoms with Crippen LogP contribution in [-0.4, -0.2) is 38.4 Å². The van der Waals surface area contributed by atoms with Gasteiger partial charge in [-0.1, -0.05) is 12.1 Å². The number of benzene rings is 1. The van der Waals surface area contributed by atoms with Crippen molar-refractivity contribution in [3.05, 3.63) is 29.8 Å². The van der Waals surface area contributed by atoms with Gasteiger partial charge in [0, 0.05) is 12.6 Å². The van der Waals surface area contributed by atoms with Crippen LogP contribution in [0.25, 0.3) is 0 Å². The monoisotopic (exact) mass is 311 g/mol. The molecular formula is C15H21NO4S. The number of hydrogen-bond donors (Lipinski definition) is 0. The summed E-state index contributed by atoms with van der Waals surface area (Å²) in [4.78, 5) is 11.8. The van der Waals surface area contributed by atoms with Gasteiger partial charge in [-0.3, -0.25) is 0 Å². The summed E-state index contributed by atoms with van der Waals surface area (Å²) in [6, 6.07) is 6.04. The minimum Gasteiger partial charge on any atom is -0.465 e. The molecule has 0 atom stereocenters. The highest BCUT2D eigenvalue weighted by atomic mass is 32.2. The molecule has 6 heteroatoms. The third kappa shape index (κ3) is 3.44. The van der Waals surface area contributed by atoms with Gasteiger partial charge in [0.2, 0.25) is 10.0 Å². The van der Waals surface area contributed by atoms with Crippen molar-refractivity contribution >= 4 is 16.0 Å². The first kappa shape index (κ1) is 16.0. The molecule has 0 amide bonds. The molecule has 1 saturated carbocycles. The van der Waals surface area contributed by atoms with Crippen molar-refractivity contribution in [2.45, 2.75) is 37.6 Å². The van der Waals surface area contributed by atoms with Gasteiger partial charge in [-0.15, -0.1) is 0 Å². The van der Waals surface area contributed by atoms with Gasteiger partial charge in [-0.05, 0) is 44.7 Å². The molecule has 0 bridgehead atoms. The van der Waals surface area contributed by atoms with Crippen molar-refractivity contribution in [2.75, 3.05) is 13.7 Å². The summed E-state index contributed by atoms with van der Waals surface area (Å²) in [5, 5.41) is 0. The lowest BCUT2D eigenvalue weighted by molar-refractivity contribution is 0.0596. The SMILES string of the molecule is COC(=O)c1ccccc1S(=O)(=O)N(CC1CC1)C(C)C. The molecule has 0 aromatic heterocycles. The van der Waals surface area contributed by atoms with Crippen molar-refractivity contribution in [3.63, 3.8) is 0 Å². The number of esters is 1. The average molecular weight is 311 g/mol. The first-order valence-corrected chi connectivity index (χ1v) is 8.51. The molecule has 2 rings (SSSR count). The van der Waals surface area contributed by atoms with Crippen LogP contribution >= 0.6 is 0 Å². The number of nitrogens with zero attached hydrogens (tertiary/aromatic N) is 1. The predicted molar refractivity (Wildman–Crippen MR) is 79.5 cm³/mol. The lowest BCUT2D eigenvalue weighted by Crippen LogP contribution is -2.39. The van der Waals surface area contributed by atoms with E-state index in [0.717, 1.165) is 12.8 Å². The quantitative estimate of drug-likeness (QED) is 0.756. The van der Waals surface area contributed by atoms with Crippen LogP contribution in [0.2, 0.25) is 0 Å². The van der Waals surface area contributed by atoms with E-state index >= 15 is 0 Å². The van der Waals surface area contributed by atoms with Gasteiger partial charge in [0.05, 0.1) is 17.6 Å². The molecule has 0 saturated heterocycles. The van der Waals surface area contributed by atoms with E-state index in [1.54, 1.807) is 12.1 Å². The summed E-state index contributed by atoms with van der Waals surface area (Å²) in [6.07, 6.45) is 2.13. The number of methoxy groups -OCH3 is 1. The Morgan fingerprint density at radius 2 is 1.95 bits per heavy atom. The maximum Gasteiger partial charge on any atom is 0.339 e. The zero-order chi connectivity index (χ0) is 15.6. The Labute approximate surface area is 126 Å². The van der Waals surface area contributed by atoms with Gasteiger partial charge in [0.15, 0.2) is 0 Å². The number of sulfonamides is 1. The van der Waals surface area contributed by atoms with Crippen LogP contribution in [0.15, 0.2) is 29.2 Å². The topological polar surface area (TPSA) is 63.7 Å². The molecule has 0 spiro atoms. The summed E-state index contributed by atoms with van der Waals surface area (Å²) >= 11 is 0. The number of carbonyl (C=O) groups is 1. The number of rotatable bonds is 6. The van der Waals surface area contributed by atoms with Crippen molar-refractivity contribution in [3.8, 4) is 0 Å². The van der Waals surface area contributed by atoms with Crippen molar-refractivity contribution < 1.29 is 17.9 Å². The molecule has 0 aliphatic heterocycles. The standard InChI is InChI=1S/C15H21NO4S/c1-11(2)16(10-12-8-9-12)21(18,19)14-7-5-4-6-13(14)15(17)20-3/h4-7,11-12H,8-10H2,1-3H3. The smallest absolute Gasteiger partial charge is 0.339 e. The Kier molecular flexibility index (Phi) is 4.68. The summed E-state index contributed by atoms with van der Waals surface area (Å²) in [7, 11) is -2.46. The first-order valence-electron chi connectivity index (χ1n) is 7.07. The Morgan fingerprint density at radius 1 is 1.33 bits per heavy atom. The fourth-order valence-electron chi connectivity index (χ4n) is 2.24. The van der Waals surface area contributed by atoms with Gasteiger partial charge in [-0.2, -0.15) is 4.31 Å². The third-order valence-electron chi connectivity index (χ3n) is 3.59. The van der Waals surface area contributed by atoms with E-state index in [9.17, 15) is 13.2 Å². The van der Waals surface area contributed by atoms with E-state index in [1.807, 2.05) is 13.8 Å². The highest BCUT2D eigenvalue weighted by molar-refractivity contribution is 7.89. The van der Waals surface area contributed by atoms with Crippen molar-refractivity contribution in [1.29, 1.82) is 0 Å². The van der Waals surface area contributed by atoms with Gasteiger partial charge in [-0.25, -0.2) is 13.2 Å². The van der Waals surface area contributed by atoms with Crippen molar-refractivity contribution in [2.24, 2.45) is 5.92 Å². The van der Waals surface area contributed by atoms with E-state index in [1.165, 1.54) is 23.5 Å². The minimum absolute atomic E-state index is 0.0196. The average Bonchev–Trinajstić information content (AvgIpc) is 3.27. The molecular weight excluding hydrogens is 290 g/mol. The summed E-state index contributed by atoms with van der Waals surface area (Å²) in [6.45, 7) is 4.21. The summed E-state index contributed by atoms with van der Waals surface area (Å²) in [5.74, 6) is -0.197. The molecule has 116 valence electrons. The molecule has 5 nitrogen and oxygen atoms in total. The zero-order valence-electron chi connectivity index (χ0n) is 12.6. The van der Waals surface area contributed by atoms with Crippen LogP contribution in [-0.2, 0) is 14.8 Å². The molecule has 0 heterocycles. The molecule has 1 aromatic carbocycles. The Hall–Kier alpha value is -1.40. The largest absolute Gasteiger partial charge is 0.465 e. The number of hydrogen-bond acceptors (Lipinski definition) is 4. The second kappa shape index (κ2) is 6.15. The molecule has 0 unspecified atom stereocenters. The zero-order valence-corrected chi connectivity index (χ0v) is 13.4. The molecule has 1 fully saturated rings. The Bertz CT molecular complexity index is 620. The van der Waals surface area contributed by atoms with E-state index in [0.29, 0.717) is 12.5 Å². The van der Waals surface area contributed by atoms with Crippen LogP contribution in [0.5, 0.6) is 0 Å². The van der Waals surface area contributed by atoms with Gasteiger partial charge >= 0.3 is 5.97 Å². The van der Waals surface area contributed by atoms with E-state index in [4.69, 9.17) is 0 Å². The van der Waals surface area contributed by atoms with Gasteiger partial charge in [0.1, 0.15) is 0 Å². The normalized spacial score (nSPS) is 15.5. The Balaban J connectivity index is 2.44. The Morgan fingerprint density at radius 3 is 2.48 bits per heavy atom. The van der Waals surface area contributed by atoms with E-state index < -0.39 is 16.0 Å². The number of ether oxygens (including phenoxy) is 1. The second-order valence-corrected chi connectivity index (χ2v) is 7.46. The van der Waals surface area contributed by atoms with Crippen LogP contribution < -0.4 is 0 Å². The summed E-state index contributed by atoms with van der Waals surface area (Å²) in [5.41, 5.74) is 0.0847. The molecule has 1 aliphatic rings. The lowest BCUT2D eigenvalue weighted by Gasteiger charge is -2.26. The summed E-state index contributed by atoms with van der Waals surface area (Å²) < 4.78 is 32.0. The predicted octanol–water partition coefficient (Wildman–Crippen LogP) is 2.28. The molecule has 21 heavy (non-hydrogen) atoms. The minimum atomic E-state index is -3.71. The fraction of sp³-hybridized carbons (Fsp3) is 0.533. The maximum absolute atomic E-state index is 12.9. The number of carbonyl (C=O) groups excluding carboxylic acids is 1. The van der Waals surface area contributed by atoms with Crippen molar-refractivity contribution in [1.82, 2.24) is 4.31 Å². The highest BCUT2D eigenvalue weighted by Crippen LogP contribution is 2.33. The van der Waals surface area contributed by atoms with Crippen LogP contribution in [0.4, 0.5) is 0 Å². The van der Waals surface area contributed by atoms with Crippen LogP contribution in [0.1, 0.15) is 37.0 Å². The van der Waals surface area contributed by atoms with E-state index in [-0.39, 0.29) is 16.5 Å². The third-order valence-corrected chi connectivity index (χ3v) is 5.69. The highest BCUT2D eigenvalue weighted by Gasteiger charge is 2.35. The lowest BCUT2D eigenvalue weighted by atomic mass is 10.2. The fourth-order valence-corrected chi connectivity index (χ4v) is 4.13. The molecule has 1 aliphatic carbocycles. The molecule has 0 radical (unpaired) electrons. The van der Waals surface area contributed by atoms with Gasteiger partial charge < -0.3 is 4.74 Å². The molecule has 0 N–H and O–H groups in total.